The van der Waals surface area contributed by atoms with Gasteiger partial charge in [-0.05, 0) is 13.2 Å². The maximum absolute atomic E-state index is 11.3. The van der Waals surface area contributed by atoms with Crippen molar-refractivity contribution in [2.45, 2.75) is 11.9 Å². The monoisotopic (exact) mass is 201 g/mol. The maximum atomic E-state index is 11.3. The number of carbonyl (C=O) groups is 1. The van der Waals surface area contributed by atoms with Crippen LogP contribution in [0.15, 0.2) is 5.03 Å². The molecule has 0 fully saturated rings. The average molecular weight is 201 g/mol. The van der Waals surface area contributed by atoms with Gasteiger partial charge in [0.05, 0.1) is 6.61 Å². The highest BCUT2D eigenvalue weighted by atomic mass is 32.2. The van der Waals surface area contributed by atoms with E-state index in [0.29, 0.717) is 17.2 Å². The first-order valence-electron chi connectivity index (χ1n) is 3.75. The molecule has 0 aliphatic heterocycles. The summed E-state index contributed by atoms with van der Waals surface area (Å²) in [6.45, 7) is 2.07. The third-order valence-electron chi connectivity index (χ3n) is 1.44. The highest BCUT2D eigenvalue weighted by molar-refractivity contribution is 7.98. The molecule has 0 atom stereocenters. The highest BCUT2D eigenvalue weighted by Crippen LogP contribution is 2.22. The van der Waals surface area contributed by atoms with Gasteiger partial charge in [0.25, 0.3) is 0 Å². The van der Waals surface area contributed by atoms with Gasteiger partial charge in [0.15, 0.2) is 5.82 Å². The highest BCUT2D eigenvalue weighted by Gasteiger charge is 2.18. The zero-order chi connectivity index (χ0) is 9.84. The lowest BCUT2D eigenvalue weighted by Crippen LogP contribution is -2.07. The summed E-state index contributed by atoms with van der Waals surface area (Å²) in [6.07, 6.45) is 1.83. The van der Waals surface area contributed by atoms with E-state index >= 15 is 0 Å². The van der Waals surface area contributed by atoms with Crippen molar-refractivity contribution < 1.29 is 9.53 Å². The molecule has 1 aromatic heterocycles. The van der Waals surface area contributed by atoms with Crippen molar-refractivity contribution in [3.8, 4) is 0 Å². The van der Waals surface area contributed by atoms with Crippen molar-refractivity contribution in [1.29, 1.82) is 0 Å². The third kappa shape index (κ3) is 1.95. The Kier molecular flexibility index (Phi) is 3.18. The number of carbonyl (C=O) groups excluding carboxylic acids is 1. The summed E-state index contributed by atoms with van der Waals surface area (Å²) in [6, 6.07) is 0. The van der Waals surface area contributed by atoms with Crippen LogP contribution < -0.4 is 5.73 Å². The first-order valence-corrected chi connectivity index (χ1v) is 4.98. The molecule has 5 nitrogen and oxygen atoms in total. The van der Waals surface area contributed by atoms with Gasteiger partial charge in [0.2, 0.25) is 0 Å². The number of thioether (sulfide) groups is 1. The molecule has 1 rings (SSSR count). The average Bonchev–Trinajstić information content (AvgIpc) is 2.47. The number of nitrogens with zero attached hydrogens (tertiary/aromatic N) is 1. The number of aromatic amines is 1. The lowest BCUT2D eigenvalue weighted by Gasteiger charge is -2.00. The van der Waals surface area contributed by atoms with Gasteiger partial charge in [-0.15, -0.1) is 11.8 Å². The molecule has 0 spiro atoms. The number of hydrogen-bond acceptors (Lipinski definition) is 5. The van der Waals surface area contributed by atoms with Crippen LogP contribution in [-0.2, 0) is 4.74 Å². The third-order valence-corrected chi connectivity index (χ3v) is 2.15. The van der Waals surface area contributed by atoms with Crippen LogP contribution in [0.2, 0.25) is 0 Å². The van der Waals surface area contributed by atoms with Crippen LogP contribution in [0.5, 0.6) is 0 Å². The van der Waals surface area contributed by atoms with E-state index in [-0.39, 0.29) is 5.82 Å². The predicted molar refractivity (Wildman–Crippen MR) is 50.7 cm³/mol. The standard InChI is InChI=1S/C7H11N3O2S/c1-3-12-7(11)4-5(8)9-10-6(4)13-2/h3H2,1-2H3,(H3,8,9,10). The molecule has 0 aromatic carbocycles. The predicted octanol–water partition coefficient (Wildman–Crippen LogP) is 0.890. The summed E-state index contributed by atoms with van der Waals surface area (Å²) in [5.74, 6) is -0.249. The molecule has 1 heterocycles. The largest absolute Gasteiger partial charge is 0.462 e. The molecule has 1 aromatic rings. The minimum absolute atomic E-state index is 0.183. The number of H-pyrrole nitrogens is 1. The number of ether oxygens (including phenoxy) is 1. The molecule has 0 aliphatic rings. The van der Waals surface area contributed by atoms with Gasteiger partial charge in [-0.1, -0.05) is 0 Å². The van der Waals surface area contributed by atoms with Crippen molar-refractivity contribution in [3.63, 3.8) is 0 Å². The van der Waals surface area contributed by atoms with Gasteiger partial charge in [-0.2, -0.15) is 5.10 Å². The van der Waals surface area contributed by atoms with Crippen LogP contribution in [0.4, 0.5) is 5.82 Å². The van der Waals surface area contributed by atoms with Crippen LogP contribution in [0, 0.1) is 0 Å². The van der Waals surface area contributed by atoms with Crippen LogP contribution in [-0.4, -0.2) is 29.0 Å². The molecule has 0 radical (unpaired) electrons. The molecule has 0 amide bonds. The molecule has 6 heteroatoms. The summed E-state index contributed by atoms with van der Waals surface area (Å²) in [4.78, 5) is 11.3. The number of nitrogens with two attached hydrogens (primary N) is 1. The number of aromatic nitrogens is 2. The molecular weight excluding hydrogens is 190 g/mol. The fraction of sp³-hybridized carbons (Fsp3) is 0.429. The molecule has 0 saturated carbocycles. The van der Waals surface area contributed by atoms with E-state index in [1.807, 2.05) is 6.26 Å². The summed E-state index contributed by atoms with van der Waals surface area (Å²) < 4.78 is 4.82. The topological polar surface area (TPSA) is 81.0 Å². The SMILES string of the molecule is CCOC(=O)c1c(N)n[nH]c1SC. The molecule has 0 unspecified atom stereocenters. The lowest BCUT2D eigenvalue weighted by atomic mass is 10.3. The zero-order valence-electron chi connectivity index (χ0n) is 7.46. The van der Waals surface area contributed by atoms with Crippen LogP contribution in [0.1, 0.15) is 17.3 Å². The molecule has 13 heavy (non-hydrogen) atoms. The Balaban J connectivity index is 2.96. The Morgan fingerprint density at radius 2 is 2.46 bits per heavy atom. The second-order valence-electron chi connectivity index (χ2n) is 2.24. The van der Waals surface area contributed by atoms with Gasteiger partial charge in [0.1, 0.15) is 10.6 Å². The minimum Gasteiger partial charge on any atom is -0.462 e. The molecule has 72 valence electrons. The number of hydrogen-bond donors (Lipinski definition) is 2. The van der Waals surface area contributed by atoms with Crippen molar-refractivity contribution in [3.05, 3.63) is 5.56 Å². The molecule has 3 N–H and O–H groups in total. The Hall–Kier alpha value is -1.17. The van der Waals surface area contributed by atoms with Crippen molar-refractivity contribution in [2.24, 2.45) is 0 Å². The van der Waals surface area contributed by atoms with E-state index < -0.39 is 5.97 Å². The second kappa shape index (κ2) is 4.18. The minimum atomic E-state index is -0.432. The van der Waals surface area contributed by atoms with Crippen LogP contribution in [0.25, 0.3) is 0 Å². The van der Waals surface area contributed by atoms with Gasteiger partial charge in [-0.3, -0.25) is 5.10 Å². The summed E-state index contributed by atoms with van der Waals surface area (Å²) in [7, 11) is 0. The molecule has 0 saturated heterocycles. The van der Waals surface area contributed by atoms with E-state index in [1.165, 1.54) is 11.8 Å². The second-order valence-corrected chi connectivity index (χ2v) is 3.05. The van der Waals surface area contributed by atoms with E-state index in [1.54, 1.807) is 6.92 Å². The maximum Gasteiger partial charge on any atom is 0.344 e. The summed E-state index contributed by atoms with van der Waals surface area (Å²) in [5.41, 5.74) is 5.82. The first-order chi connectivity index (χ1) is 6.20. The molecule has 0 aliphatic carbocycles. The number of nitrogen functional groups attached to an aromatic ring is 1. The number of nitrogens with one attached hydrogen (secondary N) is 1. The Bertz CT molecular complexity index is 311. The van der Waals surface area contributed by atoms with Gasteiger partial charge >= 0.3 is 5.97 Å². The van der Waals surface area contributed by atoms with E-state index in [2.05, 4.69) is 10.2 Å². The number of rotatable bonds is 3. The first kappa shape index (κ1) is 9.91. The molecular formula is C7H11N3O2S. The van der Waals surface area contributed by atoms with Crippen LogP contribution in [0.3, 0.4) is 0 Å². The van der Waals surface area contributed by atoms with Crippen LogP contribution >= 0.6 is 11.8 Å². The van der Waals surface area contributed by atoms with Gasteiger partial charge < -0.3 is 10.5 Å². The van der Waals surface area contributed by atoms with Crippen molar-refractivity contribution in [2.75, 3.05) is 18.6 Å². The van der Waals surface area contributed by atoms with Gasteiger partial charge in [-0.25, -0.2) is 4.79 Å². The van der Waals surface area contributed by atoms with Crippen molar-refractivity contribution >= 4 is 23.5 Å². The van der Waals surface area contributed by atoms with E-state index in [0.717, 1.165) is 0 Å². The Labute approximate surface area is 80.0 Å². The van der Waals surface area contributed by atoms with Crippen molar-refractivity contribution in [1.82, 2.24) is 10.2 Å². The number of esters is 1. The molecule has 0 bridgehead atoms. The quantitative estimate of drug-likeness (QED) is 0.560. The van der Waals surface area contributed by atoms with E-state index in [9.17, 15) is 4.79 Å². The zero-order valence-corrected chi connectivity index (χ0v) is 8.27. The number of anilines is 1. The van der Waals surface area contributed by atoms with Gasteiger partial charge in [0, 0.05) is 0 Å². The van der Waals surface area contributed by atoms with E-state index in [4.69, 9.17) is 10.5 Å². The Morgan fingerprint density at radius 1 is 1.77 bits per heavy atom. The summed E-state index contributed by atoms with van der Waals surface area (Å²) in [5, 5.41) is 7.01. The normalized spacial score (nSPS) is 10.0. The fourth-order valence-electron chi connectivity index (χ4n) is 0.887. The Morgan fingerprint density at radius 3 is 3.00 bits per heavy atom. The summed E-state index contributed by atoms with van der Waals surface area (Å²) >= 11 is 1.37. The lowest BCUT2D eigenvalue weighted by molar-refractivity contribution is 0.0523. The fourth-order valence-corrected chi connectivity index (χ4v) is 1.42. The smallest absolute Gasteiger partial charge is 0.344 e.